The monoisotopic (exact) mass is 1020 g/mol. The van der Waals surface area contributed by atoms with Crippen molar-refractivity contribution in [3.05, 3.63) is 0 Å². The molecule has 0 radical (unpaired) electrons. The number of carboxylic acid groups (broad SMARTS) is 2. The Balaban J connectivity index is 1.14. The predicted molar refractivity (Wildman–Crippen MR) is 200 cm³/mol. The van der Waals surface area contributed by atoms with Gasteiger partial charge in [-0.2, -0.15) is 0 Å². The molecular weight excluding hydrogens is 960 g/mol. The van der Waals surface area contributed by atoms with Crippen molar-refractivity contribution >= 4 is 11.9 Å². The summed E-state index contributed by atoms with van der Waals surface area (Å²) in [5.41, 5.74) is 0. The van der Waals surface area contributed by atoms with E-state index >= 15 is 0 Å². The Morgan fingerprint density at radius 2 is 0.623 bits per heavy atom. The summed E-state index contributed by atoms with van der Waals surface area (Å²) in [7, 11) is 0. The van der Waals surface area contributed by atoms with E-state index in [0.717, 1.165) is 0 Å². The molecule has 6 aliphatic heterocycles. The molecule has 6 heterocycles. The quantitative estimate of drug-likeness (QED) is 0.0682. The second-order valence-electron chi connectivity index (χ2n) is 16.8. The fraction of sp³-hybridized carbons (Fsp3) is 0.944. The highest BCUT2D eigenvalue weighted by Crippen LogP contribution is 2.37. The van der Waals surface area contributed by atoms with E-state index in [0.29, 0.717) is 0 Å². The van der Waals surface area contributed by atoms with E-state index in [1.54, 1.807) is 0 Å². The van der Waals surface area contributed by atoms with E-state index in [9.17, 15) is 112 Å². The Kier molecular flexibility index (Phi) is 19.0. The van der Waals surface area contributed by atoms with Gasteiger partial charge in [-0.15, -0.1) is 0 Å². The van der Waals surface area contributed by atoms with Gasteiger partial charge in [-0.3, -0.25) is 0 Å². The SMILES string of the molecule is O=C(O)C1OC(OC2C(O)C(CO)OC(OC3C(O)C(CO)OC(OC4C(CO)OC(OC5C(C(=O)O)OC(OC6C(O)C(O)OC(CO)C6O)C(O)C5O)C(O)C4O)C3O)C2O)C(O)C(O)C1O. The molecule has 6 saturated heterocycles. The Hall–Kier alpha value is -2.22. The summed E-state index contributed by atoms with van der Waals surface area (Å²) in [5, 5.41) is 210. The lowest BCUT2D eigenvalue weighted by atomic mass is 9.95. The first-order valence-corrected chi connectivity index (χ1v) is 21.1. The molecule has 400 valence electrons. The summed E-state index contributed by atoms with van der Waals surface area (Å²) in [4.78, 5) is 24.0. The molecular formula is C36H58O33. The topological polar surface area (TPSA) is 540 Å². The van der Waals surface area contributed by atoms with Crippen LogP contribution in [0.15, 0.2) is 0 Å². The maximum Gasteiger partial charge on any atom is 0.335 e. The van der Waals surface area contributed by atoms with Crippen molar-refractivity contribution in [2.24, 2.45) is 0 Å². The van der Waals surface area contributed by atoms with Crippen LogP contribution in [0.25, 0.3) is 0 Å². The zero-order valence-electron chi connectivity index (χ0n) is 35.4. The Labute approximate surface area is 386 Å². The summed E-state index contributed by atoms with van der Waals surface area (Å²) in [5.74, 6) is -3.72. The van der Waals surface area contributed by atoms with E-state index in [1.165, 1.54) is 0 Å². The summed E-state index contributed by atoms with van der Waals surface area (Å²) in [6.07, 6.45) is -63.1. The van der Waals surface area contributed by atoms with Crippen LogP contribution in [-0.2, 0) is 61.7 Å². The smallest absolute Gasteiger partial charge is 0.335 e. The predicted octanol–water partition coefficient (Wildman–Crippen LogP) is -13.9. The molecule has 6 rings (SSSR count). The number of ether oxygens (including phenoxy) is 11. The third kappa shape index (κ3) is 11.3. The third-order valence-corrected chi connectivity index (χ3v) is 12.4. The molecule has 0 aromatic heterocycles. The molecule has 0 bridgehead atoms. The summed E-state index contributed by atoms with van der Waals surface area (Å²) < 4.78 is 59.2. The molecule has 69 heavy (non-hydrogen) atoms. The van der Waals surface area contributed by atoms with Crippen molar-refractivity contribution in [2.45, 2.75) is 184 Å². The second-order valence-corrected chi connectivity index (χ2v) is 16.8. The van der Waals surface area contributed by atoms with Gasteiger partial charge in [-0.25, -0.2) is 9.59 Å². The van der Waals surface area contributed by atoms with Crippen molar-refractivity contribution in [3.8, 4) is 0 Å². The Morgan fingerprint density at radius 3 is 1.06 bits per heavy atom. The summed E-state index contributed by atoms with van der Waals surface area (Å²) >= 11 is 0. The number of carbonyl (C=O) groups is 2. The van der Waals surface area contributed by atoms with Gasteiger partial charge in [0.25, 0.3) is 0 Å². The summed E-state index contributed by atoms with van der Waals surface area (Å²) in [6, 6.07) is 0. The molecule has 0 aromatic carbocycles. The van der Waals surface area contributed by atoms with Crippen LogP contribution in [-0.4, -0.2) is 325 Å². The van der Waals surface area contributed by atoms with Crippen LogP contribution in [0, 0.1) is 0 Å². The van der Waals surface area contributed by atoms with E-state index in [2.05, 4.69) is 0 Å². The molecule has 0 spiro atoms. The number of carboxylic acids is 2. The van der Waals surface area contributed by atoms with Crippen LogP contribution in [0.2, 0.25) is 0 Å². The van der Waals surface area contributed by atoms with E-state index in [1.807, 2.05) is 0 Å². The maximum atomic E-state index is 12.4. The van der Waals surface area contributed by atoms with Crippen LogP contribution in [0.3, 0.4) is 0 Å². The molecule has 0 amide bonds. The summed E-state index contributed by atoms with van der Waals surface area (Å²) in [6.45, 7) is -4.15. The van der Waals surface area contributed by atoms with E-state index in [4.69, 9.17) is 52.1 Å². The largest absolute Gasteiger partial charge is 0.479 e. The minimum absolute atomic E-state index is 0.897. The number of aliphatic hydroxyl groups excluding tert-OH is 18. The fourth-order valence-electron chi connectivity index (χ4n) is 8.45. The first-order chi connectivity index (χ1) is 32.5. The van der Waals surface area contributed by atoms with Gasteiger partial charge in [0.05, 0.1) is 26.4 Å². The van der Waals surface area contributed by atoms with Gasteiger partial charge in [0.15, 0.2) is 49.9 Å². The molecule has 6 aliphatic rings. The van der Waals surface area contributed by atoms with Gasteiger partial charge in [0.2, 0.25) is 0 Å². The first kappa shape index (κ1) is 56.1. The van der Waals surface area contributed by atoms with Crippen molar-refractivity contribution in [2.75, 3.05) is 26.4 Å². The number of aliphatic hydroxyl groups is 18. The van der Waals surface area contributed by atoms with Crippen molar-refractivity contribution in [1.82, 2.24) is 0 Å². The molecule has 33 nitrogen and oxygen atoms in total. The van der Waals surface area contributed by atoms with Gasteiger partial charge in [0, 0.05) is 0 Å². The van der Waals surface area contributed by atoms with Gasteiger partial charge < -0.3 is 154 Å². The normalized spacial score (nSPS) is 52.0. The lowest BCUT2D eigenvalue weighted by molar-refractivity contribution is -0.395. The number of aliphatic carboxylic acids is 2. The molecule has 20 N–H and O–H groups in total. The minimum atomic E-state index is -2.35. The van der Waals surface area contributed by atoms with Crippen LogP contribution in [0.5, 0.6) is 0 Å². The average Bonchev–Trinajstić information content (AvgIpc) is 3.31. The van der Waals surface area contributed by atoms with Crippen molar-refractivity contribution < 1.29 is 164 Å². The third-order valence-electron chi connectivity index (χ3n) is 12.4. The minimum Gasteiger partial charge on any atom is -0.479 e. The zero-order valence-corrected chi connectivity index (χ0v) is 35.4. The first-order valence-electron chi connectivity index (χ1n) is 21.1. The van der Waals surface area contributed by atoms with Crippen molar-refractivity contribution in [1.29, 1.82) is 0 Å². The van der Waals surface area contributed by atoms with Crippen LogP contribution in [0.4, 0.5) is 0 Å². The molecule has 33 heteroatoms. The molecule has 30 unspecified atom stereocenters. The van der Waals surface area contributed by atoms with E-state index in [-0.39, 0.29) is 0 Å². The molecule has 0 aliphatic carbocycles. The van der Waals surface area contributed by atoms with Gasteiger partial charge >= 0.3 is 11.9 Å². The van der Waals surface area contributed by atoms with E-state index < -0.39 is 223 Å². The van der Waals surface area contributed by atoms with Gasteiger partial charge in [-0.05, 0) is 0 Å². The fourth-order valence-corrected chi connectivity index (χ4v) is 8.45. The lowest BCUT2D eigenvalue weighted by Gasteiger charge is -2.49. The Bertz CT molecular complexity index is 1670. The zero-order chi connectivity index (χ0) is 51.1. The highest BCUT2D eigenvalue weighted by Gasteiger charge is 2.58. The average molecular weight is 1020 g/mol. The van der Waals surface area contributed by atoms with Crippen LogP contribution >= 0.6 is 0 Å². The highest BCUT2D eigenvalue weighted by atomic mass is 16.8. The Morgan fingerprint density at radius 1 is 0.304 bits per heavy atom. The van der Waals surface area contributed by atoms with Crippen LogP contribution < -0.4 is 0 Å². The van der Waals surface area contributed by atoms with Crippen molar-refractivity contribution in [3.63, 3.8) is 0 Å². The molecule has 30 atom stereocenters. The van der Waals surface area contributed by atoms with Gasteiger partial charge in [-0.1, -0.05) is 0 Å². The van der Waals surface area contributed by atoms with Gasteiger partial charge in [0.1, 0.15) is 134 Å². The van der Waals surface area contributed by atoms with Crippen LogP contribution in [0.1, 0.15) is 0 Å². The number of hydrogen-bond acceptors (Lipinski definition) is 31. The standard InChI is InChI=1S/C36H58O33/c37-1-5-9(41)23(19(51)31(58)59-5)64-34-18(50)15(47)26(28(69-34)30(56)57)67-32-17(49)14(46)22(8(4-40)62-32)63-35-20(52)25(11(43)6(2-38)60-35)66-36-21(53)24(10(42)7(3-39)61-36)65-33-16(48)12(44)13(45)27(68-33)29(54)55/h5-28,31-53,58H,1-4H2,(H,54,55)(H,56,57). The second kappa shape index (κ2) is 23.3. The maximum absolute atomic E-state index is 12.4. The molecule has 0 aromatic rings. The lowest BCUT2D eigenvalue weighted by Crippen LogP contribution is -2.68. The molecule has 6 fully saturated rings. The number of rotatable bonds is 16. The molecule has 0 saturated carbocycles. The number of hydrogen-bond donors (Lipinski definition) is 20. The highest BCUT2D eigenvalue weighted by molar-refractivity contribution is 5.74.